The fourth-order valence-electron chi connectivity index (χ4n) is 8.46. The first-order chi connectivity index (χ1) is 37.8. The molecule has 0 aliphatic rings. The maximum Gasteiger partial charge on any atom is 0.263 e. The Balaban J connectivity index is 0.982. The number of anilines is 2. The van der Waals surface area contributed by atoms with Gasteiger partial charge in [0, 0.05) is 33.4 Å². The van der Waals surface area contributed by atoms with Gasteiger partial charge < -0.3 is 18.6 Å². The van der Waals surface area contributed by atoms with E-state index in [1.54, 1.807) is 134 Å². The van der Waals surface area contributed by atoms with Crippen LogP contribution in [0.2, 0.25) is 0 Å². The lowest BCUT2D eigenvalue weighted by Gasteiger charge is -2.20. The second-order valence-electron chi connectivity index (χ2n) is 17.5. The molecular formula is C57H46Br2N10O7S2. The van der Waals surface area contributed by atoms with Crippen LogP contribution in [-0.2, 0) is 37.9 Å². The van der Waals surface area contributed by atoms with E-state index in [4.69, 9.17) is 9.47 Å². The van der Waals surface area contributed by atoms with Crippen LogP contribution in [-0.4, -0.2) is 61.7 Å². The van der Waals surface area contributed by atoms with E-state index >= 15 is 4.79 Å². The van der Waals surface area contributed by atoms with Gasteiger partial charge in [-0.2, -0.15) is 9.97 Å². The molecule has 0 bridgehead atoms. The number of aryl methyl sites for hydroxylation is 2. The van der Waals surface area contributed by atoms with Crippen molar-refractivity contribution >= 4 is 104 Å². The molecule has 2 N–H and O–H groups in total. The molecule has 0 amide bonds. The Morgan fingerprint density at radius 2 is 0.910 bits per heavy atom. The first-order valence-corrected chi connectivity index (χ1v) is 28.8. The van der Waals surface area contributed by atoms with Gasteiger partial charge in [0.2, 0.25) is 0 Å². The molecule has 0 saturated heterocycles. The third-order valence-electron chi connectivity index (χ3n) is 12.5. The summed E-state index contributed by atoms with van der Waals surface area (Å²) in [7, 11) is -7.98. The minimum Gasteiger partial charge on any atom is -0.437 e. The number of nitrogens with zero attached hydrogens (tertiary/aromatic N) is 8. The van der Waals surface area contributed by atoms with Crippen molar-refractivity contribution in [2.45, 2.75) is 48.6 Å². The summed E-state index contributed by atoms with van der Waals surface area (Å²) in [5.41, 5.74) is 5.57. The number of Topliss-reactive ketones (excluding diaryl/α,β-unsaturated/α-hetero) is 1. The molecule has 392 valence electrons. The SMILES string of the molecule is CCn1cnc2c(Oc3ccc(/C=C/C(C(=O)C(/C=C/c4ccc(Oc5ncnc6c5ncn6CC)cc4)c4ccc(NS(=O)(=O)c5ccccc5Br)cc4)c4ccc(NS(=O)(=O)c5ccccc5Br)cc4)cc3)ncnc21. The maximum atomic E-state index is 15.5. The number of carbonyl (C=O) groups is 1. The number of fused-ring (bicyclic) bond motifs is 2. The van der Waals surface area contributed by atoms with E-state index < -0.39 is 31.9 Å². The van der Waals surface area contributed by atoms with Crippen LogP contribution in [0.3, 0.4) is 0 Å². The molecule has 0 saturated carbocycles. The van der Waals surface area contributed by atoms with Crippen molar-refractivity contribution < 1.29 is 31.1 Å². The molecule has 17 nitrogen and oxygen atoms in total. The predicted octanol–water partition coefficient (Wildman–Crippen LogP) is 12.6. The molecule has 2 atom stereocenters. The zero-order valence-corrected chi connectivity index (χ0v) is 46.4. The fourth-order valence-corrected chi connectivity index (χ4v) is 12.6. The number of rotatable bonds is 20. The highest BCUT2D eigenvalue weighted by Gasteiger charge is 2.28. The van der Waals surface area contributed by atoms with Gasteiger partial charge in [-0.15, -0.1) is 0 Å². The van der Waals surface area contributed by atoms with Gasteiger partial charge in [0.15, 0.2) is 28.1 Å². The summed E-state index contributed by atoms with van der Waals surface area (Å²) in [6.45, 7) is 5.35. The van der Waals surface area contributed by atoms with Gasteiger partial charge in [0.1, 0.15) is 33.9 Å². The van der Waals surface area contributed by atoms with Gasteiger partial charge in [-0.05, 0) is 141 Å². The van der Waals surface area contributed by atoms with Crippen LogP contribution in [0.15, 0.2) is 202 Å². The minimum atomic E-state index is -3.99. The number of hydrogen-bond donors (Lipinski definition) is 2. The van der Waals surface area contributed by atoms with E-state index in [0.717, 1.165) is 11.1 Å². The van der Waals surface area contributed by atoms with Crippen LogP contribution >= 0.6 is 31.9 Å². The van der Waals surface area contributed by atoms with E-state index in [9.17, 15) is 16.8 Å². The highest BCUT2D eigenvalue weighted by Crippen LogP contribution is 2.35. The zero-order chi connectivity index (χ0) is 54.4. The van der Waals surface area contributed by atoms with E-state index in [1.165, 1.54) is 24.8 Å². The number of hydrogen-bond acceptors (Lipinski definition) is 13. The Morgan fingerprint density at radius 1 is 0.526 bits per heavy atom. The van der Waals surface area contributed by atoms with E-state index in [-0.39, 0.29) is 26.9 Å². The molecule has 2 unspecified atom stereocenters. The largest absolute Gasteiger partial charge is 0.437 e. The van der Waals surface area contributed by atoms with Crippen molar-refractivity contribution in [1.29, 1.82) is 0 Å². The zero-order valence-electron chi connectivity index (χ0n) is 41.6. The number of sulfonamides is 2. The summed E-state index contributed by atoms with van der Waals surface area (Å²) >= 11 is 6.69. The van der Waals surface area contributed by atoms with E-state index in [2.05, 4.69) is 71.2 Å². The minimum absolute atomic E-state index is 0.0646. The lowest BCUT2D eigenvalue weighted by atomic mass is 9.82. The number of aromatic nitrogens is 8. The molecule has 6 aromatic carbocycles. The number of ether oxygens (including phenoxy) is 2. The summed E-state index contributed by atoms with van der Waals surface area (Å²) in [4.78, 5) is 41.9. The van der Waals surface area contributed by atoms with Crippen LogP contribution in [0, 0.1) is 0 Å². The quantitative estimate of drug-likeness (QED) is 0.0727. The van der Waals surface area contributed by atoms with Gasteiger partial charge in [-0.1, -0.05) is 97.1 Å². The number of halogens is 2. The van der Waals surface area contributed by atoms with Crippen molar-refractivity contribution in [3.05, 3.63) is 214 Å². The van der Waals surface area contributed by atoms with Crippen molar-refractivity contribution in [2.75, 3.05) is 9.44 Å². The Morgan fingerprint density at radius 3 is 1.28 bits per heavy atom. The predicted molar refractivity (Wildman–Crippen MR) is 306 cm³/mol. The molecular weight excluding hydrogens is 1160 g/mol. The number of nitrogens with one attached hydrogen (secondary N) is 2. The summed E-state index contributed by atoms with van der Waals surface area (Å²) in [6, 6.07) is 40.8. The summed E-state index contributed by atoms with van der Waals surface area (Å²) in [5, 5.41) is 0. The Hall–Kier alpha value is -8.37. The molecule has 78 heavy (non-hydrogen) atoms. The molecule has 21 heteroatoms. The normalized spacial score (nSPS) is 12.8. The van der Waals surface area contributed by atoms with Crippen LogP contribution < -0.4 is 18.9 Å². The van der Waals surface area contributed by atoms with Gasteiger partial charge in [-0.3, -0.25) is 14.2 Å². The molecule has 0 spiro atoms. The van der Waals surface area contributed by atoms with E-state index in [0.29, 0.717) is 78.7 Å². The maximum absolute atomic E-state index is 15.5. The lowest BCUT2D eigenvalue weighted by molar-refractivity contribution is -0.120. The van der Waals surface area contributed by atoms with Crippen molar-refractivity contribution in [2.24, 2.45) is 0 Å². The average molecular weight is 1210 g/mol. The molecule has 4 heterocycles. The molecule has 0 fully saturated rings. The molecule has 10 rings (SSSR count). The molecule has 0 aliphatic carbocycles. The molecule has 4 aromatic heterocycles. The molecule has 0 radical (unpaired) electrons. The highest BCUT2D eigenvalue weighted by molar-refractivity contribution is 9.10. The van der Waals surface area contributed by atoms with E-state index in [1.807, 2.05) is 59.4 Å². The Bertz CT molecular complexity index is 3840. The second kappa shape index (κ2) is 23.1. The van der Waals surface area contributed by atoms with Crippen molar-refractivity contribution in [3.63, 3.8) is 0 Å². The first kappa shape index (κ1) is 53.0. The first-order valence-electron chi connectivity index (χ1n) is 24.3. The number of allylic oxidation sites excluding steroid dienone is 2. The van der Waals surface area contributed by atoms with Crippen molar-refractivity contribution in [3.8, 4) is 23.3 Å². The standard InChI is InChI=1S/C57H46Br2N10O7S2/c1-3-68-35-64-51-54(68)60-33-62-56(51)75-43-27-13-37(14-28-43)17-31-45(39-19-23-41(24-20-39)66-77(71,72)49-11-7-5-9-47(49)58)53(70)46(40-21-25-42(26-22-40)67-78(73,74)50-12-8-6-10-48(50)59)32-18-38-15-29-44(30-16-38)76-57-52-55(61-34-63-57)69(4-2)36-65-52/h5-36,45-46,66-67H,3-4H2,1-2H3/b31-17+,32-18+. The monoisotopic (exact) mass is 1200 g/mol. The average Bonchev–Trinajstić information content (AvgIpc) is 4.15. The Labute approximate surface area is 466 Å². The van der Waals surface area contributed by atoms with Gasteiger partial charge >= 0.3 is 0 Å². The summed E-state index contributed by atoms with van der Waals surface area (Å²) < 4.78 is 76.2. The third kappa shape index (κ3) is 11.8. The number of ketones is 1. The molecule has 10 aromatic rings. The van der Waals surface area contributed by atoms with Gasteiger partial charge in [0.05, 0.1) is 24.5 Å². The smallest absolute Gasteiger partial charge is 0.263 e. The summed E-state index contributed by atoms with van der Waals surface area (Å²) in [5.74, 6) is -0.420. The molecule has 0 aliphatic heterocycles. The van der Waals surface area contributed by atoms with Gasteiger partial charge in [-0.25, -0.2) is 36.8 Å². The third-order valence-corrected chi connectivity index (χ3v) is 17.3. The fraction of sp³-hybridized carbons (Fsp3) is 0.105. The number of carbonyl (C=O) groups excluding carboxylic acids is 1. The highest BCUT2D eigenvalue weighted by atomic mass is 79.9. The van der Waals surface area contributed by atoms with Crippen LogP contribution in [0.1, 0.15) is 47.9 Å². The second-order valence-corrected chi connectivity index (χ2v) is 22.5. The lowest BCUT2D eigenvalue weighted by Crippen LogP contribution is -2.19. The van der Waals surface area contributed by atoms with Crippen molar-refractivity contribution in [1.82, 2.24) is 39.0 Å². The van der Waals surface area contributed by atoms with Crippen LogP contribution in [0.5, 0.6) is 23.3 Å². The topological polar surface area (TPSA) is 215 Å². The summed E-state index contributed by atoms with van der Waals surface area (Å²) in [6.07, 6.45) is 13.5. The Kier molecular flexibility index (Phi) is 15.7. The van der Waals surface area contributed by atoms with Gasteiger partial charge in [0.25, 0.3) is 31.8 Å². The number of benzene rings is 6. The number of imidazole rings is 2. The van der Waals surface area contributed by atoms with Crippen LogP contribution in [0.4, 0.5) is 11.4 Å². The van der Waals surface area contributed by atoms with Crippen LogP contribution in [0.25, 0.3) is 34.5 Å².